The fourth-order valence-corrected chi connectivity index (χ4v) is 2.69. The van der Waals surface area contributed by atoms with Crippen molar-refractivity contribution in [2.75, 3.05) is 13.1 Å². The molecule has 1 amide bonds. The number of rotatable bonds is 8. The van der Waals surface area contributed by atoms with E-state index in [1.165, 1.54) is 5.56 Å². The predicted octanol–water partition coefficient (Wildman–Crippen LogP) is 2.80. The van der Waals surface area contributed by atoms with Gasteiger partial charge in [-0.3, -0.25) is 4.79 Å². The highest BCUT2D eigenvalue weighted by Crippen LogP contribution is 2.24. The SMILES string of the molecule is CCCNCc1cccc(SC(C)C(=O)NCC)c1. The molecule has 1 unspecified atom stereocenters. The molecule has 0 heterocycles. The Labute approximate surface area is 120 Å². The first kappa shape index (κ1) is 16.1. The first-order chi connectivity index (χ1) is 9.17. The van der Waals surface area contributed by atoms with Crippen molar-refractivity contribution in [1.29, 1.82) is 0 Å². The number of hydrogen-bond donors (Lipinski definition) is 2. The van der Waals surface area contributed by atoms with E-state index >= 15 is 0 Å². The largest absolute Gasteiger partial charge is 0.355 e. The lowest BCUT2D eigenvalue weighted by Crippen LogP contribution is -2.30. The van der Waals surface area contributed by atoms with E-state index in [0.29, 0.717) is 6.54 Å². The summed E-state index contributed by atoms with van der Waals surface area (Å²) in [4.78, 5) is 12.8. The lowest BCUT2D eigenvalue weighted by Gasteiger charge is -2.12. The number of amides is 1. The van der Waals surface area contributed by atoms with Gasteiger partial charge in [0.2, 0.25) is 5.91 Å². The van der Waals surface area contributed by atoms with E-state index in [1.807, 2.05) is 13.8 Å². The maximum atomic E-state index is 11.7. The third-order valence-corrected chi connectivity index (χ3v) is 3.78. The fraction of sp³-hybridized carbons (Fsp3) is 0.533. The van der Waals surface area contributed by atoms with Crippen LogP contribution in [-0.4, -0.2) is 24.2 Å². The number of thioether (sulfide) groups is 1. The molecule has 2 N–H and O–H groups in total. The fourth-order valence-electron chi connectivity index (χ4n) is 1.71. The predicted molar refractivity (Wildman–Crippen MR) is 82.4 cm³/mol. The molecule has 0 aromatic heterocycles. The van der Waals surface area contributed by atoms with Crippen molar-refractivity contribution in [3.8, 4) is 0 Å². The summed E-state index contributed by atoms with van der Waals surface area (Å²) in [7, 11) is 0. The minimum absolute atomic E-state index is 0.0567. The summed E-state index contributed by atoms with van der Waals surface area (Å²) in [5.41, 5.74) is 1.27. The van der Waals surface area contributed by atoms with Crippen molar-refractivity contribution in [2.45, 2.75) is 43.9 Å². The van der Waals surface area contributed by atoms with Crippen molar-refractivity contribution in [2.24, 2.45) is 0 Å². The van der Waals surface area contributed by atoms with Gasteiger partial charge in [-0.1, -0.05) is 19.1 Å². The van der Waals surface area contributed by atoms with Gasteiger partial charge in [-0.05, 0) is 44.5 Å². The highest BCUT2D eigenvalue weighted by Gasteiger charge is 2.13. The van der Waals surface area contributed by atoms with Gasteiger partial charge < -0.3 is 10.6 Å². The molecular formula is C15H24N2OS. The highest BCUT2D eigenvalue weighted by atomic mass is 32.2. The van der Waals surface area contributed by atoms with E-state index in [2.05, 4.69) is 41.8 Å². The van der Waals surface area contributed by atoms with Gasteiger partial charge >= 0.3 is 0 Å². The van der Waals surface area contributed by atoms with Crippen LogP contribution in [0.4, 0.5) is 0 Å². The molecule has 19 heavy (non-hydrogen) atoms. The Bertz CT molecular complexity index is 395. The Morgan fingerprint density at radius 1 is 1.37 bits per heavy atom. The molecule has 1 rings (SSSR count). The van der Waals surface area contributed by atoms with Crippen LogP contribution in [0.1, 0.15) is 32.8 Å². The summed E-state index contributed by atoms with van der Waals surface area (Å²) in [6.45, 7) is 8.65. The molecule has 0 spiro atoms. The zero-order chi connectivity index (χ0) is 14.1. The topological polar surface area (TPSA) is 41.1 Å². The minimum atomic E-state index is -0.0567. The van der Waals surface area contributed by atoms with Crippen LogP contribution < -0.4 is 10.6 Å². The van der Waals surface area contributed by atoms with Crippen LogP contribution in [0.5, 0.6) is 0 Å². The second-order valence-electron chi connectivity index (χ2n) is 4.48. The van der Waals surface area contributed by atoms with Gasteiger partial charge in [-0.25, -0.2) is 0 Å². The Kier molecular flexibility index (Phi) is 7.60. The summed E-state index contributed by atoms with van der Waals surface area (Å²) in [5.74, 6) is 0.0991. The van der Waals surface area contributed by atoms with Crippen LogP contribution in [0.15, 0.2) is 29.2 Å². The van der Waals surface area contributed by atoms with Crippen LogP contribution in [-0.2, 0) is 11.3 Å². The van der Waals surface area contributed by atoms with Gasteiger partial charge in [-0.15, -0.1) is 11.8 Å². The molecule has 106 valence electrons. The molecule has 0 saturated heterocycles. The molecule has 0 saturated carbocycles. The molecule has 0 aliphatic rings. The quantitative estimate of drug-likeness (QED) is 0.568. The van der Waals surface area contributed by atoms with Gasteiger partial charge in [0, 0.05) is 18.0 Å². The average Bonchev–Trinajstić information content (AvgIpc) is 2.40. The Morgan fingerprint density at radius 2 is 2.16 bits per heavy atom. The van der Waals surface area contributed by atoms with E-state index in [4.69, 9.17) is 0 Å². The molecule has 1 aromatic carbocycles. The summed E-state index contributed by atoms with van der Waals surface area (Å²) in [6.07, 6.45) is 1.14. The van der Waals surface area contributed by atoms with Crippen LogP contribution in [0.3, 0.4) is 0 Å². The van der Waals surface area contributed by atoms with E-state index in [0.717, 1.165) is 24.4 Å². The molecular weight excluding hydrogens is 256 g/mol. The highest BCUT2D eigenvalue weighted by molar-refractivity contribution is 8.00. The first-order valence-electron chi connectivity index (χ1n) is 6.91. The molecule has 0 fully saturated rings. The van der Waals surface area contributed by atoms with Gasteiger partial charge in [0.25, 0.3) is 0 Å². The molecule has 1 atom stereocenters. The molecule has 4 heteroatoms. The van der Waals surface area contributed by atoms with Gasteiger partial charge in [0.1, 0.15) is 0 Å². The van der Waals surface area contributed by atoms with Crippen LogP contribution in [0, 0.1) is 0 Å². The Hall–Kier alpha value is -1.00. The van der Waals surface area contributed by atoms with Crippen molar-refractivity contribution in [3.63, 3.8) is 0 Å². The second kappa shape index (κ2) is 8.99. The van der Waals surface area contributed by atoms with Crippen molar-refractivity contribution in [3.05, 3.63) is 29.8 Å². The third-order valence-electron chi connectivity index (χ3n) is 2.69. The average molecular weight is 280 g/mol. The van der Waals surface area contributed by atoms with E-state index < -0.39 is 0 Å². The van der Waals surface area contributed by atoms with Gasteiger partial charge in [-0.2, -0.15) is 0 Å². The molecule has 0 bridgehead atoms. The number of carbonyl (C=O) groups is 1. The zero-order valence-corrected chi connectivity index (χ0v) is 12.8. The molecule has 0 aliphatic heterocycles. The van der Waals surface area contributed by atoms with Crippen molar-refractivity contribution in [1.82, 2.24) is 10.6 Å². The molecule has 3 nitrogen and oxygen atoms in total. The number of nitrogens with one attached hydrogen (secondary N) is 2. The second-order valence-corrected chi connectivity index (χ2v) is 5.89. The van der Waals surface area contributed by atoms with Crippen LogP contribution >= 0.6 is 11.8 Å². The van der Waals surface area contributed by atoms with Crippen LogP contribution in [0.2, 0.25) is 0 Å². The molecule has 1 aromatic rings. The summed E-state index contributed by atoms with van der Waals surface area (Å²) >= 11 is 1.61. The lowest BCUT2D eigenvalue weighted by atomic mass is 10.2. The van der Waals surface area contributed by atoms with Gasteiger partial charge in [0.15, 0.2) is 0 Å². The number of hydrogen-bond acceptors (Lipinski definition) is 3. The van der Waals surface area contributed by atoms with E-state index in [1.54, 1.807) is 11.8 Å². The first-order valence-corrected chi connectivity index (χ1v) is 7.79. The third kappa shape index (κ3) is 6.12. The maximum absolute atomic E-state index is 11.7. The van der Waals surface area contributed by atoms with E-state index in [-0.39, 0.29) is 11.2 Å². The smallest absolute Gasteiger partial charge is 0.233 e. The standard InChI is InChI=1S/C15H24N2OS/c1-4-9-16-11-13-7-6-8-14(10-13)19-12(3)15(18)17-5-2/h6-8,10,12,16H,4-5,9,11H2,1-3H3,(H,17,18). The Balaban J connectivity index is 2.53. The maximum Gasteiger partial charge on any atom is 0.233 e. The Morgan fingerprint density at radius 3 is 2.84 bits per heavy atom. The van der Waals surface area contributed by atoms with Crippen molar-refractivity contribution >= 4 is 17.7 Å². The number of carbonyl (C=O) groups excluding carboxylic acids is 1. The summed E-state index contributed by atoms with van der Waals surface area (Å²) < 4.78 is 0. The zero-order valence-electron chi connectivity index (χ0n) is 12.0. The van der Waals surface area contributed by atoms with Gasteiger partial charge in [0.05, 0.1) is 5.25 Å². The molecule has 0 aliphatic carbocycles. The normalized spacial score (nSPS) is 12.2. The minimum Gasteiger partial charge on any atom is -0.355 e. The van der Waals surface area contributed by atoms with Crippen molar-refractivity contribution < 1.29 is 4.79 Å². The monoisotopic (exact) mass is 280 g/mol. The number of benzene rings is 1. The van der Waals surface area contributed by atoms with E-state index in [9.17, 15) is 4.79 Å². The lowest BCUT2D eigenvalue weighted by molar-refractivity contribution is -0.120. The van der Waals surface area contributed by atoms with Crippen LogP contribution in [0.25, 0.3) is 0 Å². The molecule has 0 radical (unpaired) electrons. The summed E-state index contributed by atoms with van der Waals surface area (Å²) in [5, 5.41) is 6.18. The summed E-state index contributed by atoms with van der Waals surface area (Å²) in [6, 6.07) is 8.38.